The standard InChI is InChI=1S/C29H39FN4O4/c1-5-29(6-2)17-24(35)34(27(31)33-29)23(11-12-38-4)19-13-20(15-21(30)14-19)26(36)32-25-22-10-8-7-9-18(22)16-28(25,3)37/h7-10,13-15,18,22-23,25,37H,5-6,11-12,16-17H2,1-4H3,(H2,31,33)(H,32,36)/t18?,22?,23-,25-,28?/m1/s1. The summed E-state index contributed by atoms with van der Waals surface area (Å²) in [5.74, 6) is -1.32. The number of halogens is 1. The number of carbonyl (C=O) groups is 2. The van der Waals surface area contributed by atoms with Crippen molar-refractivity contribution < 1.29 is 23.8 Å². The topological polar surface area (TPSA) is 115 Å². The summed E-state index contributed by atoms with van der Waals surface area (Å²) in [6.45, 7) is 5.95. The summed E-state index contributed by atoms with van der Waals surface area (Å²) in [5, 5.41) is 25.9. The van der Waals surface area contributed by atoms with Gasteiger partial charge in [0.1, 0.15) is 5.82 Å². The number of hydrogen-bond donors (Lipinski definition) is 4. The van der Waals surface area contributed by atoms with Crippen molar-refractivity contribution in [3.8, 4) is 0 Å². The fourth-order valence-corrected chi connectivity index (χ4v) is 6.20. The van der Waals surface area contributed by atoms with Gasteiger partial charge in [-0.3, -0.25) is 19.9 Å². The van der Waals surface area contributed by atoms with Gasteiger partial charge in [-0.1, -0.05) is 38.2 Å². The number of nitrogens with zero attached hydrogens (tertiary/aromatic N) is 1. The van der Waals surface area contributed by atoms with Gasteiger partial charge >= 0.3 is 0 Å². The number of aliphatic hydroxyl groups is 1. The SMILES string of the molecule is CCC1(CC)CC(=O)N([C@H](CCOC)c2cc(F)cc(C(=O)N[C@@H]3C4C=CC=CC4CC3(C)O)c2)C(=N)N1. The molecule has 0 radical (unpaired) electrons. The largest absolute Gasteiger partial charge is 0.388 e. The number of benzene rings is 1. The molecular weight excluding hydrogens is 487 g/mol. The van der Waals surface area contributed by atoms with E-state index in [9.17, 15) is 19.1 Å². The van der Waals surface area contributed by atoms with Crippen LogP contribution in [0.2, 0.25) is 0 Å². The van der Waals surface area contributed by atoms with Crippen molar-refractivity contribution in [2.75, 3.05) is 13.7 Å². The Labute approximate surface area is 223 Å². The van der Waals surface area contributed by atoms with Crippen LogP contribution < -0.4 is 10.6 Å². The first kappa shape index (κ1) is 28.0. The predicted octanol–water partition coefficient (Wildman–Crippen LogP) is 3.83. The number of rotatable bonds is 9. The minimum Gasteiger partial charge on any atom is -0.388 e. The highest BCUT2D eigenvalue weighted by Gasteiger charge is 2.49. The number of ether oxygens (including phenoxy) is 1. The number of methoxy groups -OCH3 is 1. The third kappa shape index (κ3) is 5.40. The summed E-state index contributed by atoms with van der Waals surface area (Å²) in [4.78, 5) is 28.1. The molecule has 1 saturated carbocycles. The molecule has 1 saturated heterocycles. The summed E-state index contributed by atoms with van der Waals surface area (Å²) in [5.41, 5.74) is -1.10. The van der Waals surface area contributed by atoms with E-state index in [1.807, 2.05) is 38.2 Å². The number of fused-ring (bicyclic) bond motifs is 1. The maximum absolute atomic E-state index is 14.9. The van der Waals surface area contributed by atoms with Crippen molar-refractivity contribution in [2.45, 2.75) is 76.1 Å². The molecule has 4 rings (SSSR count). The van der Waals surface area contributed by atoms with Gasteiger partial charge in [-0.05, 0) is 62.3 Å². The third-order valence-corrected chi connectivity index (χ3v) is 8.50. The smallest absolute Gasteiger partial charge is 0.251 e. The van der Waals surface area contributed by atoms with Crippen LogP contribution in [-0.2, 0) is 9.53 Å². The lowest BCUT2D eigenvalue weighted by atomic mass is 9.86. The van der Waals surface area contributed by atoms with E-state index in [0.29, 0.717) is 31.2 Å². The lowest BCUT2D eigenvalue weighted by Crippen LogP contribution is -2.62. The van der Waals surface area contributed by atoms with Gasteiger partial charge in [-0.2, -0.15) is 0 Å². The molecule has 2 fully saturated rings. The molecule has 9 heteroatoms. The molecule has 38 heavy (non-hydrogen) atoms. The summed E-state index contributed by atoms with van der Waals surface area (Å²) < 4.78 is 20.2. The van der Waals surface area contributed by atoms with Gasteiger partial charge in [-0.15, -0.1) is 0 Å². The summed E-state index contributed by atoms with van der Waals surface area (Å²) >= 11 is 0. The Morgan fingerprint density at radius 1 is 1.29 bits per heavy atom. The second kappa shape index (κ2) is 11.0. The minimum atomic E-state index is -1.12. The molecule has 206 valence electrons. The van der Waals surface area contributed by atoms with Crippen LogP contribution in [-0.4, -0.2) is 58.7 Å². The van der Waals surface area contributed by atoms with E-state index >= 15 is 0 Å². The van der Waals surface area contributed by atoms with Crippen LogP contribution in [0.3, 0.4) is 0 Å². The van der Waals surface area contributed by atoms with Crippen molar-refractivity contribution in [2.24, 2.45) is 11.8 Å². The Morgan fingerprint density at radius 3 is 2.66 bits per heavy atom. The molecule has 0 spiro atoms. The van der Waals surface area contributed by atoms with E-state index in [-0.39, 0.29) is 42.3 Å². The second-order valence-corrected chi connectivity index (χ2v) is 11.0. The Hall–Kier alpha value is -3.04. The van der Waals surface area contributed by atoms with Crippen LogP contribution in [0.25, 0.3) is 0 Å². The zero-order chi connectivity index (χ0) is 27.7. The van der Waals surface area contributed by atoms with Gasteiger partial charge in [0.2, 0.25) is 5.91 Å². The number of hydrogen-bond acceptors (Lipinski definition) is 5. The summed E-state index contributed by atoms with van der Waals surface area (Å²) in [6.07, 6.45) is 10.3. The lowest BCUT2D eigenvalue weighted by Gasteiger charge is -2.45. The monoisotopic (exact) mass is 526 g/mol. The number of amides is 2. The van der Waals surface area contributed by atoms with Crippen LogP contribution >= 0.6 is 0 Å². The van der Waals surface area contributed by atoms with E-state index in [1.165, 1.54) is 18.1 Å². The van der Waals surface area contributed by atoms with Crippen molar-refractivity contribution in [3.63, 3.8) is 0 Å². The highest BCUT2D eigenvalue weighted by atomic mass is 19.1. The molecule has 3 aliphatic rings. The van der Waals surface area contributed by atoms with E-state index < -0.39 is 34.9 Å². The molecule has 1 aromatic carbocycles. The Morgan fingerprint density at radius 2 is 2.00 bits per heavy atom. The van der Waals surface area contributed by atoms with Crippen molar-refractivity contribution >= 4 is 17.8 Å². The maximum Gasteiger partial charge on any atom is 0.251 e. The van der Waals surface area contributed by atoms with Crippen LogP contribution in [0.1, 0.15) is 74.8 Å². The Kier molecular flexibility index (Phi) is 8.09. The average Bonchev–Trinajstić information content (AvgIpc) is 3.14. The molecule has 1 aliphatic heterocycles. The number of nitrogens with one attached hydrogen (secondary N) is 3. The predicted molar refractivity (Wildman–Crippen MR) is 143 cm³/mol. The Bertz CT molecular complexity index is 1120. The molecular formula is C29H39FN4O4. The molecule has 1 heterocycles. The van der Waals surface area contributed by atoms with Gasteiger partial charge in [0.25, 0.3) is 5.91 Å². The first-order valence-corrected chi connectivity index (χ1v) is 13.4. The first-order valence-electron chi connectivity index (χ1n) is 13.4. The fourth-order valence-electron chi connectivity index (χ4n) is 6.20. The molecule has 2 amide bonds. The quantitative estimate of drug-likeness (QED) is 0.391. The van der Waals surface area contributed by atoms with Crippen molar-refractivity contribution in [1.29, 1.82) is 5.41 Å². The van der Waals surface area contributed by atoms with Gasteiger partial charge in [0.05, 0.1) is 24.1 Å². The zero-order valence-corrected chi connectivity index (χ0v) is 22.6. The lowest BCUT2D eigenvalue weighted by molar-refractivity contribution is -0.133. The average molecular weight is 527 g/mol. The van der Waals surface area contributed by atoms with Crippen molar-refractivity contribution in [3.05, 3.63) is 59.4 Å². The summed E-state index contributed by atoms with van der Waals surface area (Å²) in [6, 6.07) is 2.80. The second-order valence-electron chi connectivity index (χ2n) is 11.0. The number of carbonyl (C=O) groups excluding carboxylic acids is 2. The highest BCUT2D eigenvalue weighted by molar-refractivity contribution is 6.00. The first-order chi connectivity index (χ1) is 18.0. The third-order valence-electron chi connectivity index (χ3n) is 8.50. The Balaban J connectivity index is 1.62. The number of allylic oxidation sites excluding steroid dienone is 3. The molecule has 1 aromatic rings. The summed E-state index contributed by atoms with van der Waals surface area (Å²) in [7, 11) is 1.54. The van der Waals surface area contributed by atoms with E-state index in [0.717, 1.165) is 6.07 Å². The van der Waals surface area contributed by atoms with Crippen LogP contribution in [0.15, 0.2) is 42.5 Å². The molecule has 4 N–H and O–H groups in total. The minimum absolute atomic E-state index is 0.0356. The number of guanidine groups is 1. The maximum atomic E-state index is 14.9. The van der Waals surface area contributed by atoms with Gasteiger partial charge in [0, 0.05) is 30.7 Å². The van der Waals surface area contributed by atoms with Gasteiger partial charge in [-0.25, -0.2) is 4.39 Å². The zero-order valence-electron chi connectivity index (χ0n) is 22.6. The van der Waals surface area contributed by atoms with Crippen molar-refractivity contribution in [1.82, 2.24) is 15.5 Å². The van der Waals surface area contributed by atoms with E-state index in [2.05, 4.69) is 10.6 Å². The normalized spacial score (nSPS) is 28.7. The van der Waals surface area contributed by atoms with Crippen LogP contribution in [0.4, 0.5) is 4.39 Å². The molecule has 2 aliphatic carbocycles. The molecule has 8 nitrogen and oxygen atoms in total. The molecule has 0 aromatic heterocycles. The van der Waals surface area contributed by atoms with Crippen LogP contribution in [0, 0.1) is 23.1 Å². The molecule has 5 atom stereocenters. The van der Waals surface area contributed by atoms with E-state index in [1.54, 1.807) is 13.0 Å². The highest BCUT2D eigenvalue weighted by Crippen LogP contribution is 2.42. The molecule has 0 bridgehead atoms. The molecule has 3 unspecified atom stereocenters. The fraction of sp³-hybridized carbons (Fsp3) is 0.552. The van der Waals surface area contributed by atoms with Gasteiger partial charge in [0.15, 0.2) is 5.96 Å². The van der Waals surface area contributed by atoms with Crippen LogP contribution in [0.5, 0.6) is 0 Å². The van der Waals surface area contributed by atoms with Gasteiger partial charge < -0.3 is 20.5 Å². The van der Waals surface area contributed by atoms with E-state index in [4.69, 9.17) is 10.1 Å².